The summed E-state index contributed by atoms with van der Waals surface area (Å²) in [6, 6.07) is 19.4. The predicted molar refractivity (Wildman–Crippen MR) is 156 cm³/mol. The Labute approximate surface area is 240 Å². The van der Waals surface area contributed by atoms with Crippen LogP contribution in [0, 0.1) is 5.92 Å². The number of hydrogen-bond acceptors (Lipinski definition) is 7. The van der Waals surface area contributed by atoms with Crippen molar-refractivity contribution in [3.05, 3.63) is 66.4 Å². The summed E-state index contributed by atoms with van der Waals surface area (Å²) >= 11 is 0. The van der Waals surface area contributed by atoms with Crippen LogP contribution in [0.3, 0.4) is 0 Å². The molecule has 0 amide bonds. The number of carboxylic acid groups (broad SMARTS) is 2. The molecule has 0 fully saturated rings. The third-order valence-corrected chi connectivity index (χ3v) is 7.37. The molecule has 9 heteroatoms. The molecule has 0 saturated heterocycles. The van der Waals surface area contributed by atoms with E-state index in [0.717, 1.165) is 36.8 Å². The van der Waals surface area contributed by atoms with Crippen LogP contribution >= 0.6 is 0 Å². The number of fused-ring (bicyclic) bond motifs is 1. The second-order valence-electron chi connectivity index (χ2n) is 10.3. The number of rotatable bonds is 14. The number of unbranched alkanes of at least 4 members (excludes halogenated alkanes) is 3. The normalized spacial score (nSPS) is 16.2. The van der Waals surface area contributed by atoms with Gasteiger partial charge in [0.15, 0.2) is 5.82 Å². The summed E-state index contributed by atoms with van der Waals surface area (Å²) < 4.78 is 5.00. The quantitative estimate of drug-likeness (QED) is 0.186. The fraction of sp³-hybridized carbons (Fsp3) is 0.406. The number of carboxylic acids is 2. The molecule has 9 nitrogen and oxygen atoms in total. The topological polar surface area (TPSA) is 130 Å². The number of carbonyl (C=O) groups excluding carboxylic acids is 1. The van der Waals surface area contributed by atoms with Gasteiger partial charge in [0, 0.05) is 36.6 Å². The minimum absolute atomic E-state index is 0.157. The molecule has 2 N–H and O–H groups in total. The molecule has 4 rings (SSSR count). The number of esters is 1. The van der Waals surface area contributed by atoms with E-state index in [9.17, 15) is 24.6 Å². The summed E-state index contributed by atoms with van der Waals surface area (Å²) in [6.07, 6.45) is 3.33. The van der Waals surface area contributed by atoms with Crippen LogP contribution in [-0.4, -0.2) is 57.8 Å². The van der Waals surface area contributed by atoms with E-state index in [2.05, 4.69) is 4.90 Å². The first-order chi connectivity index (χ1) is 19.9. The van der Waals surface area contributed by atoms with Crippen molar-refractivity contribution in [2.75, 3.05) is 24.6 Å². The van der Waals surface area contributed by atoms with Crippen LogP contribution in [0.5, 0.6) is 0 Å². The second-order valence-corrected chi connectivity index (χ2v) is 10.3. The molecule has 1 aromatic heterocycles. The van der Waals surface area contributed by atoms with Gasteiger partial charge in [0.05, 0.1) is 36.5 Å². The zero-order valence-corrected chi connectivity index (χ0v) is 23.4. The molecule has 2 aromatic carbocycles. The van der Waals surface area contributed by atoms with E-state index in [1.807, 2.05) is 60.7 Å². The van der Waals surface area contributed by atoms with Crippen LogP contribution in [0.2, 0.25) is 0 Å². The number of aromatic nitrogens is 2. The maximum Gasteiger partial charge on any atom is 0.305 e. The summed E-state index contributed by atoms with van der Waals surface area (Å²) in [5, 5.41) is 19.5. The standard InChI is InChI=1S/C32H37N3O6/c1-2-41-28(40)17-11-3-4-12-18-35-21-24(19-26(36)37)25(20-27(38)39)31-32(35)34-30(23-15-9-6-10-16-23)29(33-31)22-13-7-5-8-14-22/h5-10,13-16,24-25H,2-4,11-12,17-21H2,1H3,(H,36,37)(H,38,39). The SMILES string of the molecule is CCOC(=O)CCCCCCN1CC(CC(=O)O)C(CC(=O)O)c2nc(-c3ccccc3)c(-c3ccccc3)nc21. The van der Waals surface area contributed by atoms with Gasteiger partial charge in [-0.3, -0.25) is 14.4 Å². The van der Waals surface area contributed by atoms with Gasteiger partial charge >= 0.3 is 17.9 Å². The van der Waals surface area contributed by atoms with E-state index >= 15 is 0 Å². The van der Waals surface area contributed by atoms with E-state index in [1.165, 1.54) is 0 Å². The first-order valence-corrected chi connectivity index (χ1v) is 14.2. The van der Waals surface area contributed by atoms with Gasteiger partial charge in [0.25, 0.3) is 0 Å². The lowest BCUT2D eigenvalue weighted by molar-refractivity contribution is -0.143. The fourth-order valence-corrected chi connectivity index (χ4v) is 5.47. The smallest absolute Gasteiger partial charge is 0.305 e. The van der Waals surface area contributed by atoms with E-state index in [1.54, 1.807) is 6.92 Å². The second kappa shape index (κ2) is 14.4. The van der Waals surface area contributed by atoms with Crippen LogP contribution in [-0.2, 0) is 19.1 Å². The highest BCUT2D eigenvalue weighted by Crippen LogP contribution is 2.43. The van der Waals surface area contributed by atoms with E-state index in [4.69, 9.17) is 14.7 Å². The van der Waals surface area contributed by atoms with Gasteiger partial charge in [-0.1, -0.05) is 73.5 Å². The Morgan fingerprint density at radius 3 is 2.00 bits per heavy atom. The zero-order chi connectivity index (χ0) is 29.2. The lowest BCUT2D eigenvalue weighted by Gasteiger charge is -2.39. The Hall–Kier alpha value is -4.27. The molecule has 1 aliphatic heterocycles. The maximum absolute atomic E-state index is 12.0. The number of hydrogen-bond donors (Lipinski definition) is 2. The van der Waals surface area contributed by atoms with Crippen molar-refractivity contribution in [3.63, 3.8) is 0 Å². The highest BCUT2D eigenvalue weighted by atomic mass is 16.5. The third-order valence-electron chi connectivity index (χ3n) is 7.37. The molecule has 0 saturated carbocycles. The van der Waals surface area contributed by atoms with E-state index in [-0.39, 0.29) is 18.8 Å². The molecule has 0 aliphatic carbocycles. The summed E-state index contributed by atoms with van der Waals surface area (Å²) in [6.45, 7) is 3.18. The Morgan fingerprint density at radius 2 is 1.41 bits per heavy atom. The molecule has 41 heavy (non-hydrogen) atoms. The number of anilines is 1. The van der Waals surface area contributed by atoms with Crippen LogP contribution in [0.15, 0.2) is 60.7 Å². The average molecular weight is 560 g/mol. The Kier molecular flexibility index (Phi) is 10.4. The largest absolute Gasteiger partial charge is 0.481 e. The molecule has 0 bridgehead atoms. The molecule has 0 radical (unpaired) electrons. The molecule has 2 unspecified atom stereocenters. The van der Waals surface area contributed by atoms with Crippen LogP contribution in [0.4, 0.5) is 5.82 Å². The first-order valence-electron chi connectivity index (χ1n) is 14.2. The zero-order valence-electron chi connectivity index (χ0n) is 23.4. The van der Waals surface area contributed by atoms with Gasteiger partial charge in [-0.25, -0.2) is 9.97 Å². The van der Waals surface area contributed by atoms with Gasteiger partial charge in [0.2, 0.25) is 0 Å². The molecular formula is C32H37N3O6. The highest BCUT2D eigenvalue weighted by molar-refractivity contribution is 5.80. The lowest BCUT2D eigenvalue weighted by Crippen LogP contribution is -2.41. The Balaban J connectivity index is 1.70. The minimum atomic E-state index is -0.999. The minimum Gasteiger partial charge on any atom is -0.481 e. The van der Waals surface area contributed by atoms with E-state index < -0.39 is 23.8 Å². The van der Waals surface area contributed by atoms with Gasteiger partial charge in [-0.05, 0) is 25.7 Å². The first kappa shape index (κ1) is 29.7. The van der Waals surface area contributed by atoms with Crippen LogP contribution in [0.25, 0.3) is 22.5 Å². The summed E-state index contributed by atoms with van der Waals surface area (Å²) in [7, 11) is 0. The molecule has 2 heterocycles. The van der Waals surface area contributed by atoms with Crippen molar-refractivity contribution in [3.8, 4) is 22.5 Å². The van der Waals surface area contributed by atoms with E-state index in [0.29, 0.717) is 49.0 Å². The molecular weight excluding hydrogens is 522 g/mol. The molecule has 2 atom stereocenters. The Morgan fingerprint density at radius 1 is 0.829 bits per heavy atom. The number of benzene rings is 2. The molecule has 3 aromatic rings. The van der Waals surface area contributed by atoms with Crippen molar-refractivity contribution < 1.29 is 29.3 Å². The average Bonchev–Trinajstić information content (AvgIpc) is 2.96. The van der Waals surface area contributed by atoms with Crippen molar-refractivity contribution in [2.45, 2.75) is 57.8 Å². The molecule has 1 aliphatic rings. The Bertz CT molecular complexity index is 1330. The van der Waals surface area contributed by atoms with Crippen molar-refractivity contribution in [1.82, 2.24) is 9.97 Å². The summed E-state index contributed by atoms with van der Waals surface area (Å²) in [4.78, 5) is 47.7. The molecule has 0 spiro atoms. The van der Waals surface area contributed by atoms with Gasteiger partial charge in [0.1, 0.15) is 0 Å². The third kappa shape index (κ3) is 7.90. The number of carbonyl (C=O) groups is 3. The fourth-order valence-electron chi connectivity index (χ4n) is 5.47. The van der Waals surface area contributed by atoms with Crippen molar-refractivity contribution in [1.29, 1.82) is 0 Å². The highest BCUT2D eigenvalue weighted by Gasteiger charge is 2.39. The summed E-state index contributed by atoms with van der Waals surface area (Å²) in [5.41, 5.74) is 3.61. The maximum atomic E-state index is 12.0. The van der Waals surface area contributed by atoms with Crippen LogP contribution < -0.4 is 4.90 Å². The van der Waals surface area contributed by atoms with Crippen LogP contribution in [0.1, 0.15) is 63.5 Å². The van der Waals surface area contributed by atoms with Gasteiger partial charge < -0.3 is 19.8 Å². The predicted octanol–water partition coefficient (Wildman–Crippen LogP) is 5.79. The van der Waals surface area contributed by atoms with Crippen molar-refractivity contribution >= 4 is 23.7 Å². The summed E-state index contributed by atoms with van der Waals surface area (Å²) in [5.74, 6) is -2.55. The van der Waals surface area contributed by atoms with Crippen molar-refractivity contribution in [2.24, 2.45) is 5.92 Å². The molecule has 216 valence electrons. The lowest BCUT2D eigenvalue weighted by atomic mass is 9.80. The van der Waals surface area contributed by atoms with Gasteiger partial charge in [-0.15, -0.1) is 0 Å². The van der Waals surface area contributed by atoms with Gasteiger partial charge in [-0.2, -0.15) is 0 Å². The number of aliphatic carboxylic acids is 2. The number of ether oxygens (including phenoxy) is 1. The number of nitrogens with zero attached hydrogens (tertiary/aromatic N) is 3. The monoisotopic (exact) mass is 559 g/mol.